The zero-order chi connectivity index (χ0) is 10.8. The molecule has 1 heterocycles. The topological polar surface area (TPSA) is 44.1 Å². The van der Waals surface area contributed by atoms with E-state index in [1.54, 1.807) is 19.4 Å². The number of aromatic nitrogens is 2. The first-order chi connectivity index (χ1) is 6.45. The third kappa shape index (κ3) is 2.34. The van der Waals surface area contributed by atoms with Crippen LogP contribution in [0.25, 0.3) is 0 Å². The number of rotatable bonds is 2. The number of hydrogen-bond donors (Lipinski definition) is 0. The molecule has 1 aromatic rings. The second-order valence-electron chi connectivity index (χ2n) is 4.06. The van der Waals surface area contributed by atoms with E-state index in [-0.39, 0.29) is 11.5 Å². The molecule has 0 amide bonds. The first-order valence-corrected chi connectivity index (χ1v) is 4.66. The number of nitrogens with zero attached hydrogens (tertiary/aromatic N) is 2. The first-order valence-electron chi connectivity index (χ1n) is 4.66. The summed E-state index contributed by atoms with van der Waals surface area (Å²) in [5.41, 5.74) is 0.305. The first kappa shape index (κ1) is 10.8. The van der Waals surface area contributed by atoms with Crippen molar-refractivity contribution in [1.29, 1.82) is 0 Å². The maximum absolute atomic E-state index is 11.3. The summed E-state index contributed by atoms with van der Waals surface area (Å²) in [4.78, 5) is 15.3. The van der Waals surface area contributed by atoms with Gasteiger partial charge in [-0.05, 0) is 27.7 Å². The van der Waals surface area contributed by atoms with E-state index in [1.165, 1.54) is 0 Å². The third-order valence-electron chi connectivity index (χ3n) is 1.84. The van der Waals surface area contributed by atoms with Crippen molar-refractivity contribution in [2.75, 3.05) is 6.61 Å². The molecule has 0 saturated carbocycles. The van der Waals surface area contributed by atoms with Crippen LogP contribution in [0.5, 0.6) is 0 Å². The summed E-state index contributed by atoms with van der Waals surface area (Å²) >= 11 is 0. The van der Waals surface area contributed by atoms with E-state index in [4.69, 9.17) is 4.74 Å². The molecule has 0 bridgehead atoms. The number of carbonyl (C=O) groups excluding carboxylic acids is 1. The number of esters is 1. The number of hydrogen-bond acceptors (Lipinski definition) is 3. The number of imidazole rings is 1. The number of ether oxygens (including phenoxy) is 1. The van der Waals surface area contributed by atoms with Gasteiger partial charge in [-0.25, -0.2) is 9.78 Å². The van der Waals surface area contributed by atoms with Gasteiger partial charge in [0.15, 0.2) is 5.69 Å². The zero-order valence-corrected chi connectivity index (χ0v) is 9.07. The van der Waals surface area contributed by atoms with Gasteiger partial charge in [-0.15, -0.1) is 0 Å². The van der Waals surface area contributed by atoms with Crippen LogP contribution in [-0.4, -0.2) is 22.1 Å². The van der Waals surface area contributed by atoms with Crippen molar-refractivity contribution in [1.82, 2.24) is 9.55 Å². The Balaban J connectivity index is 2.83. The van der Waals surface area contributed by atoms with E-state index >= 15 is 0 Å². The molecule has 0 unspecified atom stereocenters. The predicted molar refractivity (Wildman–Crippen MR) is 53.2 cm³/mol. The Kier molecular flexibility index (Phi) is 2.93. The number of carbonyl (C=O) groups is 1. The zero-order valence-electron chi connectivity index (χ0n) is 9.07. The van der Waals surface area contributed by atoms with Gasteiger partial charge in [0, 0.05) is 11.7 Å². The molecule has 1 aromatic heterocycles. The molecule has 0 fully saturated rings. The normalized spacial score (nSPS) is 11.4. The Bertz CT molecular complexity index is 323. The molecule has 4 heteroatoms. The SMILES string of the molecule is CCOC(=O)c1cn(C(C)(C)C)cn1. The Morgan fingerprint density at radius 1 is 1.57 bits per heavy atom. The van der Waals surface area contributed by atoms with Crippen LogP contribution in [-0.2, 0) is 10.3 Å². The van der Waals surface area contributed by atoms with Crippen LogP contribution >= 0.6 is 0 Å². The summed E-state index contributed by atoms with van der Waals surface area (Å²) in [6.07, 6.45) is 3.35. The average molecular weight is 196 g/mol. The predicted octanol–water partition coefficient (Wildman–Crippen LogP) is 1.81. The molecule has 0 radical (unpaired) electrons. The smallest absolute Gasteiger partial charge is 0.358 e. The summed E-state index contributed by atoms with van der Waals surface area (Å²) < 4.78 is 6.73. The average Bonchev–Trinajstić information content (AvgIpc) is 2.51. The highest BCUT2D eigenvalue weighted by atomic mass is 16.5. The van der Waals surface area contributed by atoms with E-state index in [1.807, 2.05) is 25.3 Å². The lowest BCUT2D eigenvalue weighted by molar-refractivity contribution is 0.0520. The van der Waals surface area contributed by atoms with Gasteiger partial charge in [-0.3, -0.25) is 0 Å². The summed E-state index contributed by atoms with van der Waals surface area (Å²) in [5.74, 6) is -0.365. The molecule has 0 aliphatic heterocycles. The summed E-state index contributed by atoms with van der Waals surface area (Å²) in [7, 11) is 0. The Labute approximate surface area is 83.9 Å². The van der Waals surface area contributed by atoms with Crippen LogP contribution in [0.15, 0.2) is 12.5 Å². The van der Waals surface area contributed by atoms with Crippen molar-refractivity contribution in [3.8, 4) is 0 Å². The third-order valence-corrected chi connectivity index (χ3v) is 1.84. The van der Waals surface area contributed by atoms with Gasteiger partial charge in [0.1, 0.15) is 0 Å². The minimum absolute atomic E-state index is 0.0578. The molecule has 0 aliphatic carbocycles. The molecule has 0 saturated heterocycles. The van der Waals surface area contributed by atoms with Gasteiger partial charge in [-0.2, -0.15) is 0 Å². The van der Waals surface area contributed by atoms with E-state index in [9.17, 15) is 4.79 Å². The second-order valence-corrected chi connectivity index (χ2v) is 4.06. The minimum Gasteiger partial charge on any atom is -0.461 e. The molecule has 14 heavy (non-hydrogen) atoms. The van der Waals surface area contributed by atoms with Crippen molar-refractivity contribution in [2.24, 2.45) is 0 Å². The fourth-order valence-electron chi connectivity index (χ4n) is 1.00. The highest BCUT2D eigenvalue weighted by Gasteiger charge is 2.16. The van der Waals surface area contributed by atoms with Crippen molar-refractivity contribution in [3.05, 3.63) is 18.2 Å². The maximum Gasteiger partial charge on any atom is 0.358 e. The summed E-state index contributed by atoms with van der Waals surface area (Å²) in [6.45, 7) is 8.29. The van der Waals surface area contributed by atoms with Crippen LogP contribution < -0.4 is 0 Å². The minimum atomic E-state index is -0.365. The van der Waals surface area contributed by atoms with E-state index in [0.29, 0.717) is 12.3 Å². The lowest BCUT2D eigenvalue weighted by Gasteiger charge is -2.19. The molecule has 0 N–H and O–H groups in total. The van der Waals surface area contributed by atoms with E-state index < -0.39 is 0 Å². The van der Waals surface area contributed by atoms with Gasteiger partial charge in [0.2, 0.25) is 0 Å². The maximum atomic E-state index is 11.3. The molecular weight excluding hydrogens is 180 g/mol. The summed E-state index contributed by atoms with van der Waals surface area (Å²) in [5, 5.41) is 0. The second kappa shape index (κ2) is 3.82. The van der Waals surface area contributed by atoms with Crippen molar-refractivity contribution in [3.63, 3.8) is 0 Å². The lowest BCUT2D eigenvalue weighted by Crippen LogP contribution is -2.19. The quantitative estimate of drug-likeness (QED) is 0.677. The van der Waals surface area contributed by atoms with Crippen LogP contribution in [0.1, 0.15) is 38.2 Å². The van der Waals surface area contributed by atoms with Gasteiger partial charge in [0.05, 0.1) is 12.9 Å². The molecule has 78 valence electrons. The Morgan fingerprint density at radius 3 is 2.64 bits per heavy atom. The van der Waals surface area contributed by atoms with E-state index in [2.05, 4.69) is 4.98 Å². The van der Waals surface area contributed by atoms with Gasteiger partial charge in [-0.1, -0.05) is 0 Å². The Morgan fingerprint density at radius 2 is 2.21 bits per heavy atom. The highest BCUT2D eigenvalue weighted by Crippen LogP contribution is 2.13. The molecule has 0 aliphatic rings. The van der Waals surface area contributed by atoms with Crippen molar-refractivity contribution in [2.45, 2.75) is 33.2 Å². The van der Waals surface area contributed by atoms with Crippen LogP contribution in [0, 0.1) is 0 Å². The Hall–Kier alpha value is -1.32. The molecular formula is C10H16N2O2. The molecule has 1 rings (SSSR count). The fourth-order valence-corrected chi connectivity index (χ4v) is 1.00. The van der Waals surface area contributed by atoms with Crippen LogP contribution in [0.2, 0.25) is 0 Å². The van der Waals surface area contributed by atoms with Gasteiger partial charge >= 0.3 is 5.97 Å². The van der Waals surface area contributed by atoms with Gasteiger partial charge < -0.3 is 9.30 Å². The molecule has 4 nitrogen and oxygen atoms in total. The van der Waals surface area contributed by atoms with Crippen LogP contribution in [0.4, 0.5) is 0 Å². The lowest BCUT2D eigenvalue weighted by atomic mass is 10.1. The standard InChI is InChI=1S/C10H16N2O2/c1-5-14-9(13)8-6-12(7-11-8)10(2,3)4/h6-7H,5H2,1-4H3. The largest absolute Gasteiger partial charge is 0.461 e. The fraction of sp³-hybridized carbons (Fsp3) is 0.600. The van der Waals surface area contributed by atoms with Crippen molar-refractivity contribution < 1.29 is 9.53 Å². The molecule has 0 aromatic carbocycles. The molecule has 0 spiro atoms. The van der Waals surface area contributed by atoms with E-state index in [0.717, 1.165) is 0 Å². The highest BCUT2D eigenvalue weighted by molar-refractivity contribution is 5.86. The van der Waals surface area contributed by atoms with Gasteiger partial charge in [0.25, 0.3) is 0 Å². The van der Waals surface area contributed by atoms with Crippen molar-refractivity contribution >= 4 is 5.97 Å². The molecule has 0 atom stereocenters. The monoisotopic (exact) mass is 196 g/mol. The summed E-state index contributed by atoms with van der Waals surface area (Å²) in [6, 6.07) is 0. The van der Waals surface area contributed by atoms with Crippen LogP contribution in [0.3, 0.4) is 0 Å².